The molecule has 0 bridgehead atoms. The molecule has 2 rings (SSSR count). The Hall–Kier alpha value is -2.48. The van der Waals surface area contributed by atoms with Gasteiger partial charge in [0.25, 0.3) is 0 Å². The highest BCUT2D eigenvalue weighted by molar-refractivity contribution is 5.54. The molecule has 1 heterocycles. The van der Waals surface area contributed by atoms with Gasteiger partial charge in [-0.3, -0.25) is 0 Å². The molecule has 0 unspecified atom stereocenters. The molecule has 0 amide bonds. The number of benzene rings is 1. The highest BCUT2D eigenvalue weighted by atomic mass is 15.1. The number of hydrogen-bond donors (Lipinski definition) is 1. The van der Waals surface area contributed by atoms with Crippen LogP contribution in [0.25, 0.3) is 0 Å². The van der Waals surface area contributed by atoms with E-state index in [-0.39, 0.29) is 0 Å². The minimum absolute atomic E-state index is 0.481. The van der Waals surface area contributed by atoms with Crippen molar-refractivity contribution in [2.75, 3.05) is 5.32 Å². The third kappa shape index (κ3) is 2.25. The normalized spacial score (nSPS) is 9.27. The van der Waals surface area contributed by atoms with Crippen LogP contribution in [-0.4, -0.2) is 15.0 Å². The van der Waals surface area contributed by atoms with Gasteiger partial charge in [0.1, 0.15) is 12.7 Å². The minimum atomic E-state index is 0.481. The molecule has 0 spiro atoms. The average Bonchev–Trinajstić information content (AvgIpc) is 2.31. The monoisotopic (exact) mass is 197 g/mol. The van der Waals surface area contributed by atoms with Gasteiger partial charge in [0.2, 0.25) is 5.95 Å². The van der Waals surface area contributed by atoms with Crippen molar-refractivity contribution in [1.82, 2.24) is 15.0 Å². The van der Waals surface area contributed by atoms with E-state index in [0.717, 1.165) is 5.69 Å². The lowest BCUT2D eigenvalue weighted by Crippen LogP contribution is -1.96. The maximum Gasteiger partial charge on any atom is 0.230 e. The lowest BCUT2D eigenvalue weighted by molar-refractivity contribution is 1.05. The summed E-state index contributed by atoms with van der Waals surface area (Å²) in [4.78, 5) is 11.5. The number of rotatable bonds is 2. The Balaban J connectivity index is 2.16. The van der Waals surface area contributed by atoms with Crippen LogP contribution in [0.3, 0.4) is 0 Å². The van der Waals surface area contributed by atoms with Gasteiger partial charge in [-0.25, -0.2) is 15.0 Å². The van der Waals surface area contributed by atoms with E-state index < -0.39 is 0 Å². The molecule has 5 heteroatoms. The summed E-state index contributed by atoms with van der Waals surface area (Å²) < 4.78 is 0. The predicted molar refractivity (Wildman–Crippen MR) is 54.3 cm³/mol. The van der Waals surface area contributed by atoms with Gasteiger partial charge in [-0.1, -0.05) is 0 Å². The third-order valence-electron chi connectivity index (χ3n) is 1.76. The Kier molecular flexibility index (Phi) is 2.52. The number of anilines is 2. The zero-order valence-corrected chi connectivity index (χ0v) is 7.75. The molecule has 72 valence electrons. The van der Waals surface area contributed by atoms with Crippen molar-refractivity contribution < 1.29 is 0 Å². The minimum Gasteiger partial charge on any atom is -0.324 e. The van der Waals surface area contributed by atoms with Crippen LogP contribution >= 0.6 is 0 Å². The molecule has 5 nitrogen and oxygen atoms in total. The van der Waals surface area contributed by atoms with Gasteiger partial charge in [0, 0.05) is 5.69 Å². The van der Waals surface area contributed by atoms with Crippen LogP contribution in [0.2, 0.25) is 0 Å². The van der Waals surface area contributed by atoms with E-state index in [2.05, 4.69) is 20.3 Å². The Morgan fingerprint density at radius 3 is 2.33 bits per heavy atom. The van der Waals surface area contributed by atoms with Crippen LogP contribution in [0.5, 0.6) is 0 Å². The van der Waals surface area contributed by atoms with Crippen LogP contribution < -0.4 is 5.32 Å². The molecule has 0 aliphatic heterocycles. The van der Waals surface area contributed by atoms with E-state index in [1.54, 1.807) is 24.3 Å². The third-order valence-corrected chi connectivity index (χ3v) is 1.76. The average molecular weight is 197 g/mol. The summed E-state index contributed by atoms with van der Waals surface area (Å²) in [6, 6.07) is 9.09. The second-order valence-corrected chi connectivity index (χ2v) is 2.78. The van der Waals surface area contributed by atoms with Gasteiger partial charge in [0.15, 0.2) is 0 Å². The number of nitriles is 1. The van der Waals surface area contributed by atoms with Crippen molar-refractivity contribution in [2.45, 2.75) is 0 Å². The summed E-state index contributed by atoms with van der Waals surface area (Å²) >= 11 is 0. The molecule has 0 fully saturated rings. The highest BCUT2D eigenvalue weighted by Crippen LogP contribution is 2.12. The van der Waals surface area contributed by atoms with Crippen molar-refractivity contribution in [1.29, 1.82) is 5.26 Å². The summed E-state index contributed by atoms with van der Waals surface area (Å²) in [5.74, 6) is 0.481. The summed E-state index contributed by atoms with van der Waals surface area (Å²) in [7, 11) is 0. The maximum absolute atomic E-state index is 8.61. The fourth-order valence-electron chi connectivity index (χ4n) is 1.06. The smallest absolute Gasteiger partial charge is 0.230 e. The number of aromatic nitrogens is 3. The molecule has 0 atom stereocenters. The van der Waals surface area contributed by atoms with E-state index in [9.17, 15) is 0 Å². The zero-order valence-electron chi connectivity index (χ0n) is 7.75. The fourth-order valence-corrected chi connectivity index (χ4v) is 1.06. The van der Waals surface area contributed by atoms with E-state index in [1.165, 1.54) is 12.7 Å². The second kappa shape index (κ2) is 4.15. The van der Waals surface area contributed by atoms with Crippen molar-refractivity contribution in [2.24, 2.45) is 0 Å². The molecule has 0 saturated carbocycles. The van der Waals surface area contributed by atoms with Crippen LogP contribution in [0.1, 0.15) is 5.56 Å². The first kappa shape index (κ1) is 9.09. The topological polar surface area (TPSA) is 74.5 Å². The molecule has 0 aliphatic carbocycles. The largest absolute Gasteiger partial charge is 0.324 e. The van der Waals surface area contributed by atoms with Crippen LogP contribution in [-0.2, 0) is 0 Å². The molecule has 2 aromatic rings. The lowest BCUT2D eigenvalue weighted by Gasteiger charge is -2.02. The molecule has 1 N–H and O–H groups in total. The summed E-state index contributed by atoms with van der Waals surface area (Å²) in [5.41, 5.74) is 1.45. The molecule has 1 aromatic heterocycles. The Morgan fingerprint density at radius 1 is 1.07 bits per heavy atom. The van der Waals surface area contributed by atoms with Crippen molar-refractivity contribution in [3.8, 4) is 6.07 Å². The summed E-state index contributed by atoms with van der Waals surface area (Å²) in [6.45, 7) is 0. The van der Waals surface area contributed by atoms with Gasteiger partial charge in [-0.05, 0) is 24.3 Å². The molecule has 0 aliphatic rings. The zero-order chi connectivity index (χ0) is 10.5. The van der Waals surface area contributed by atoms with Crippen LogP contribution in [0.15, 0.2) is 36.9 Å². The van der Waals surface area contributed by atoms with E-state index in [0.29, 0.717) is 11.5 Å². The van der Waals surface area contributed by atoms with Gasteiger partial charge >= 0.3 is 0 Å². The Bertz CT molecular complexity index is 471. The second-order valence-electron chi connectivity index (χ2n) is 2.78. The summed E-state index contributed by atoms with van der Waals surface area (Å²) in [6.07, 6.45) is 2.83. The van der Waals surface area contributed by atoms with Crippen molar-refractivity contribution in [3.63, 3.8) is 0 Å². The Labute approximate surface area is 86.5 Å². The maximum atomic E-state index is 8.61. The molecule has 15 heavy (non-hydrogen) atoms. The first-order chi connectivity index (χ1) is 7.38. The SMILES string of the molecule is N#Cc1ccc(Nc2ncncn2)cc1. The van der Waals surface area contributed by atoms with E-state index in [1.807, 2.05) is 6.07 Å². The molecular weight excluding hydrogens is 190 g/mol. The van der Waals surface area contributed by atoms with Gasteiger partial charge in [0.05, 0.1) is 11.6 Å². The fraction of sp³-hybridized carbons (Fsp3) is 0. The number of nitrogens with zero attached hydrogens (tertiary/aromatic N) is 4. The lowest BCUT2D eigenvalue weighted by atomic mass is 10.2. The standard InChI is InChI=1S/C10H7N5/c11-5-8-1-3-9(4-2-8)15-10-13-6-12-7-14-10/h1-4,6-7H,(H,12,13,14,15). The summed E-state index contributed by atoms with van der Waals surface area (Å²) in [5, 5.41) is 11.6. The van der Waals surface area contributed by atoms with Gasteiger partial charge in [-0.2, -0.15) is 5.26 Å². The first-order valence-corrected chi connectivity index (χ1v) is 4.27. The molecule has 1 aromatic carbocycles. The molecular formula is C10H7N5. The predicted octanol–water partition coefficient (Wildman–Crippen LogP) is 1.49. The van der Waals surface area contributed by atoms with Crippen molar-refractivity contribution in [3.05, 3.63) is 42.5 Å². The van der Waals surface area contributed by atoms with E-state index >= 15 is 0 Å². The molecule has 0 saturated heterocycles. The Morgan fingerprint density at radius 2 is 1.73 bits per heavy atom. The highest BCUT2D eigenvalue weighted by Gasteiger charge is 1.96. The quantitative estimate of drug-likeness (QED) is 0.789. The van der Waals surface area contributed by atoms with Crippen LogP contribution in [0.4, 0.5) is 11.6 Å². The van der Waals surface area contributed by atoms with E-state index in [4.69, 9.17) is 5.26 Å². The number of hydrogen-bond acceptors (Lipinski definition) is 5. The van der Waals surface area contributed by atoms with Crippen LogP contribution in [0, 0.1) is 11.3 Å². The first-order valence-electron chi connectivity index (χ1n) is 4.27. The number of nitrogens with one attached hydrogen (secondary N) is 1. The van der Waals surface area contributed by atoms with Crippen molar-refractivity contribution >= 4 is 11.6 Å². The molecule has 0 radical (unpaired) electrons. The van der Waals surface area contributed by atoms with Gasteiger partial charge in [-0.15, -0.1) is 0 Å². The van der Waals surface area contributed by atoms with Gasteiger partial charge < -0.3 is 5.32 Å².